The molecule has 1 heterocycles. The molecular weight excluding hydrogens is 578 g/mol. The van der Waals surface area contributed by atoms with Gasteiger partial charge in [0.2, 0.25) is 0 Å². The van der Waals surface area contributed by atoms with E-state index >= 15 is 0 Å². The minimum atomic E-state index is -1.58. The minimum Gasteiger partial charge on any atom is -0.394 e. The summed E-state index contributed by atoms with van der Waals surface area (Å²) in [6.45, 7) is 3.16. The Morgan fingerprint density at radius 1 is 0.622 bits per heavy atom. The second-order valence-corrected chi connectivity index (χ2v) is 13.3. The van der Waals surface area contributed by atoms with Gasteiger partial charge in [0, 0.05) is 0 Å². The first-order valence-electron chi connectivity index (χ1n) is 18.5. The Hall–Kier alpha value is -0.400. The van der Waals surface area contributed by atoms with Gasteiger partial charge in [-0.05, 0) is 19.3 Å². The Kier molecular flexibility index (Phi) is 26.1. The molecule has 0 aromatic rings. The zero-order valence-electron chi connectivity index (χ0n) is 28.6. The van der Waals surface area contributed by atoms with Crippen LogP contribution >= 0.6 is 0 Å². The highest BCUT2D eigenvalue weighted by Crippen LogP contribution is 2.23. The summed E-state index contributed by atoms with van der Waals surface area (Å²) >= 11 is 0. The van der Waals surface area contributed by atoms with Crippen molar-refractivity contribution in [1.29, 1.82) is 0 Å². The maximum atomic E-state index is 10.6. The van der Waals surface area contributed by atoms with E-state index in [4.69, 9.17) is 9.47 Å². The molecule has 45 heavy (non-hydrogen) atoms. The molecule has 1 rings (SSSR count). The van der Waals surface area contributed by atoms with Gasteiger partial charge in [-0.1, -0.05) is 136 Å². The van der Waals surface area contributed by atoms with Crippen LogP contribution in [0.2, 0.25) is 0 Å². The molecule has 9 atom stereocenters. The van der Waals surface area contributed by atoms with Gasteiger partial charge >= 0.3 is 0 Å². The number of nitrogens with one attached hydrogen (secondary N) is 1. The summed E-state index contributed by atoms with van der Waals surface area (Å²) in [5.41, 5.74) is 0. The molecule has 0 radical (unpaired) electrons. The van der Waals surface area contributed by atoms with Crippen LogP contribution in [0.3, 0.4) is 0 Å². The van der Waals surface area contributed by atoms with Crippen LogP contribution in [0.15, 0.2) is 0 Å². The van der Waals surface area contributed by atoms with Crippen molar-refractivity contribution in [2.24, 2.45) is 0 Å². The van der Waals surface area contributed by atoms with E-state index in [1.807, 2.05) is 0 Å². The van der Waals surface area contributed by atoms with E-state index < -0.39 is 61.8 Å². The lowest BCUT2D eigenvalue weighted by molar-refractivity contribution is -0.303. The third-order valence-corrected chi connectivity index (χ3v) is 9.25. The summed E-state index contributed by atoms with van der Waals surface area (Å²) in [7, 11) is 0. The van der Waals surface area contributed by atoms with Gasteiger partial charge in [-0.15, -0.1) is 0 Å². The Labute approximate surface area is 273 Å². The van der Waals surface area contributed by atoms with Crippen LogP contribution in [-0.2, 0) is 9.47 Å². The monoisotopic (exact) mass is 650 g/mol. The molecular formula is C35H71NO9. The molecule has 1 aliphatic heterocycles. The molecule has 0 amide bonds. The van der Waals surface area contributed by atoms with Crippen LogP contribution in [0, 0.1) is 0 Å². The quantitative estimate of drug-likeness (QED) is 0.0411. The molecule has 0 aromatic carbocycles. The molecule has 270 valence electrons. The predicted molar refractivity (Wildman–Crippen MR) is 178 cm³/mol. The first-order chi connectivity index (χ1) is 21.8. The molecule has 8 N–H and O–H groups in total. The lowest BCUT2D eigenvalue weighted by Crippen LogP contribution is -2.60. The normalized spacial score (nSPS) is 24.9. The predicted octanol–water partition coefficient (Wildman–Crippen LogP) is 4.42. The molecule has 0 saturated carbocycles. The summed E-state index contributed by atoms with van der Waals surface area (Å²) in [6, 6.07) is -0.882. The highest BCUT2D eigenvalue weighted by Gasteiger charge is 2.44. The summed E-state index contributed by atoms with van der Waals surface area (Å²) < 4.78 is 10.9. The van der Waals surface area contributed by atoms with E-state index in [0.29, 0.717) is 6.42 Å². The Balaban J connectivity index is 2.13. The number of rotatable bonds is 30. The van der Waals surface area contributed by atoms with Crippen LogP contribution in [0.25, 0.3) is 0 Å². The standard InChI is InChI=1S/C35H71NO9/c1-3-5-6-7-8-9-10-11-12-13-14-15-16-17-18-19-20-21-22-23-24-30(39)36-27(31(40)28(38)4-2)26-44-35-34(43)33(42)32(41)29(25-37)45-35/h27-43H,3-26H2,1-2H3/t27-,28+,29?,30?,31-,32?,33?,34?,35?/m0/s1. The van der Waals surface area contributed by atoms with Crippen molar-refractivity contribution in [3.8, 4) is 0 Å². The van der Waals surface area contributed by atoms with Crippen molar-refractivity contribution in [2.75, 3.05) is 13.2 Å². The second-order valence-electron chi connectivity index (χ2n) is 13.3. The summed E-state index contributed by atoms with van der Waals surface area (Å²) in [6.07, 6.45) is 16.5. The van der Waals surface area contributed by atoms with Crippen molar-refractivity contribution >= 4 is 0 Å². The van der Waals surface area contributed by atoms with Gasteiger partial charge in [0.25, 0.3) is 0 Å². The smallest absolute Gasteiger partial charge is 0.186 e. The largest absolute Gasteiger partial charge is 0.394 e. The van der Waals surface area contributed by atoms with Crippen LogP contribution in [0.1, 0.15) is 155 Å². The minimum absolute atomic E-state index is 0.253. The van der Waals surface area contributed by atoms with Crippen LogP contribution in [-0.4, -0.2) is 104 Å². The molecule has 1 saturated heterocycles. The molecule has 1 aliphatic rings. The number of unbranched alkanes of at least 4 members (excludes halogenated alkanes) is 19. The van der Waals surface area contributed by atoms with E-state index in [1.165, 1.54) is 109 Å². The summed E-state index contributed by atoms with van der Waals surface area (Å²) in [5, 5.41) is 73.8. The number of aliphatic hydroxyl groups is 7. The van der Waals surface area contributed by atoms with E-state index in [-0.39, 0.29) is 13.0 Å². The van der Waals surface area contributed by atoms with Gasteiger partial charge in [0.1, 0.15) is 30.6 Å². The van der Waals surface area contributed by atoms with Crippen molar-refractivity contribution in [1.82, 2.24) is 5.32 Å². The van der Waals surface area contributed by atoms with Gasteiger partial charge in [0.05, 0.1) is 31.5 Å². The number of hydrogen-bond donors (Lipinski definition) is 8. The molecule has 10 heteroatoms. The van der Waals surface area contributed by atoms with E-state index in [2.05, 4.69) is 12.2 Å². The molecule has 0 aliphatic carbocycles. The fraction of sp³-hybridized carbons (Fsp3) is 1.00. The Bertz CT molecular complexity index is 659. The van der Waals surface area contributed by atoms with Gasteiger partial charge < -0.3 is 45.2 Å². The first-order valence-corrected chi connectivity index (χ1v) is 18.5. The molecule has 6 unspecified atom stereocenters. The van der Waals surface area contributed by atoms with E-state index in [0.717, 1.165) is 19.3 Å². The van der Waals surface area contributed by atoms with Crippen LogP contribution in [0.5, 0.6) is 0 Å². The maximum absolute atomic E-state index is 10.6. The van der Waals surface area contributed by atoms with Crippen molar-refractivity contribution in [3.63, 3.8) is 0 Å². The topological polar surface area (TPSA) is 172 Å². The Morgan fingerprint density at radius 2 is 1.07 bits per heavy atom. The zero-order valence-corrected chi connectivity index (χ0v) is 28.6. The van der Waals surface area contributed by atoms with Crippen molar-refractivity contribution in [2.45, 2.75) is 210 Å². The molecule has 1 fully saturated rings. The van der Waals surface area contributed by atoms with Gasteiger partial charge in [-0.2, -0.15) is 0 Å². The average molecular weight is 650 g/mol. The lowest BCUT2D eigenvalue weighted by Gasteiger charge is -2.40. The SMILES string of the molecule is CCCCCCCCCCCCCCCCCCCCCCC(O)N[C@@H](COC1OC(CO)C(O)C(O)C1O)[C@H](O)[C@H](O)CC. The molecule has 0 bridgehead atoms. The summed E-state index contributed by atoms with van der Waals surface area (Å²) in [5.74, 6) is 0. The number of ether oxygens (including phenoxy) is 2. The number of aliphatic hydroxyl groups excluding tert-OH is 7. The lowest BCUT2D eigenvalue weighted by atomic mass is 9.99. The van der Waals surface area contributed by atoms with Crippen LogP contribution < -0.4 is 5.32 Å². The molecule has 0 spiro atoms. The van der Waals surface area contributed by atoms with Crippen molar-refractivity contribution < 1.29 is 45.2 Å². The second kappa shape index (κ2) is 27.5. The summed E-state index contributed by atoms with van der Waals surface area (Å²) in [4.78, 5) is 0. The van der Waals surface area contributed by atoms with Gasteiger partial charge in [0.15, 0.2) is 6.29 Å². The first kappa shape index (κ1) is 42.6. The number of hydrogen-bond acceptors (Lipinski definition) is 10. The Morgan fingerprint density at radius 3 is 1.49 bits per heavy atom. The van der Waals surface area contributed by atoms with Crippen LogP contribution in [0.4, 0.5) is 0 Å². The fourth-order valence-electron chi connectivity index (χ4n) is 6.08. The highest BCUT2D eigenvalue weighted by atomic mass is 16.7. The third kappa shape index (κ3) is 19.3. The van der Waals surface area contributed by atoms with Gasteiger partial charge in [-0.3, -0.25) is 5.32 Å². The van der Waals surface area contributed by atoms with E-state index in [9.17, 15) is 35.7 Å². The van der Waals surface area contributed by atoms with Gasteiger partial charge in [-0.25, -0.2) is 0 Å². The molecule has 10 nitrogen and oxygen atoms in total. The van der Waals surface area contributed by atoms with Crippen molar-refractivity contribution in [3.05, 3.63) is 0 Å². The third-order valence-electron chi connectivity index (χ3n) is 9.25. The zero-order chi connectivity index (χ0) is 33.3. The fourth-order valence-corrected chi connectivity index (χ4v) is 6.08. The molecule has 0 aromatic heterocycles. The average Bonchev–Trinajstić information content (AvgIpc) is 3.04. The maximum Gasteiger partial charge on any atom is 0.186 e. The highest BCUT2D eigenvalue weighted by molar-refractivity contribution is 4.90. The van der Waals surface area contributed by atoms with E-state index in [1.54, 1.807) is 6.92 Å².